The molecular formula is C13H10BrN3O2S. The standard InChI is InChI=1S/C13H10BrN3O2S/c14-12-4-5-16-13(7-12)17-20(18,19)9-11-3-1-2-10(6-11)8-15/h1-7H,9H2,(H,16,17). The van der Waals surface area contributed by atoms with E-state index in [1.54, 1.807) is 36.4 Å². The van der Waals surface area contributed by atoms with Crippen LogP contribution in [0.25, 0.3) is 0 Å². The van der Waals surface area contributed by atoms with Crippen molar-refractivity contribution in [2.45, 2.75) is 5.75 Å². The molecule has 0 fully saturated rings. The molecule has 102 valence electrons. The number of benzene rings is 1. The minimum Gasteiger partial charge on any atom is -0.267 e. The summed E-state index contributed by atoms with van der Waals surface area (Å²) in [5, 5.41) is 8.80. The van der Waals surface area contributed by atoms with Crippen LogP contribution in [0.3, 0.4) is 0 Å². The lowest BCUT2D eigenvalue weighted by atomic mass is 10.2. The second kappa shape index (κ2) is 6.03. The molecule has 0 saturated carbocycles. The van der Waals surface area contributed by atoms with Gasteiger partial charge in [0.15, 0.2) is 0 Å². The Morgan fingerprint density at radius 1 is 1.30 bits per heavy atom. The van der Waals surface area contributed by atoms with E-state index < -0.39 is 10.0 Å². The Bertz CT molecular complexity index is 769. The summed E-state index contributed by atoms with van der Waals surface area (Å²) < 4.78 is 27.2. The smallest absolute Gasteiger partial charge is 0.238 e. The first-order valence-electron chi connectivity index (χ1n) is 5.59. The highest BCUT2D eigenvalue weighted by molar-refractivity contribution is 9.10. The highest BCUT2D eigenvalue weighted by Gasteiger charge is 2.13. The number of nitrogens with one attached hydrogen (secondary N) is 1. The summed E-state index contributed by atoms with van der Waals surface area (Å²) in [5.41, 5.74) is 0.977. The van der Waals surface area contributed by atoms with Gasteiger partial charge in [0, 0.05) is 10.7 Å². The molecule has 7 heteroatoms. The molecule has 2 rings (SSSR count). The predicted octanol–water partition coefficient (Wildman–Crippen LogP) is 2.66. The normalized spacial score (nSPS) is 10.8. The summed E-state index contributed by atoms with van der Waals surface area (Å²) in [5.74, 6) is 0.0345. The van der Waals surface area contributed by atoms with Gasteiger partial charge >= 0.3 is 0 Å². The molecule has 5 nitrogen and oxygen atoms in total. The van der Waals surface area contributed by atoms with Crippen molar-refractivity contribution in [3.05, 3.63) is 58.2 Å². The first-order valence-corrected chi connectivity index (χ1v) is 8.04. The molecule has 1 aromatic heterocycles. The topological polar surface area (TPSA) is 82.8 Å². The molecule has 1 heterocycles. The van der Waals surface area contributed by atoms with E-state index in [1.165, 1.54) is 6.20 Å². The summed E-state index contributed by atoms with van der Waals surface area (Å²) in [7, 11) is -3.57. The lowest BCUT2D eigenvalue weighted by Crippen LogP contribution is -2.15. The van der Waals surface area contributed by atoms with Crippen molar-refractivity contribution in [1.29, 1.82) is 5.26 Å². The summed E-state index contributed by atoms with van der Waals surface area (Å²) in [6.45, 7) is 0. The summed E-state index contributed by atoms with van der Waals surface area (Å²) in [6, 6.07) is 11.7. The maximum atomic E-state index is 12.0. The van der Waals surface area contributed by atoms with Crippen LogP contribution in [-0.4, -0.2) is 13.4 Å². The van der Waals surface area contributed by atoms with Gasteiger partial charge < -0.3 is 0 Å². The van der Waals surface area contributed by atoms with Gasteiger partial charge in [-0.05, 0) is 29.8 Å². The van der Waals surface area contributed by atoms with Crippen LogP contribution in [0.15, 0.2) is 47.1 Å². The van der Waals surface area contributed by atoms with Gasteiger partial charge in [-0.2, -0.15) is 5.26 Å². The first kappa shape index (κ1) is 14.5. The minimum atomic E-state index is -3.57. The average Bonchev–Trinajstić information content (AvgIpc) is 2.37. The Hall–Kier alpha value is -1.91. The molecule has 1 N–H and O–H groups in total. The van der Waals surface area contributed by atoms with E-state index in [4.69, 9.17) is 5.26 Å². The zero-order valence-corrected chi connectivity index (χ0v) is 12.6. The second-order valence-corrected chi connectivity index (χ2v) is 6.67. The number of hydrogen-bond donors (Lipinski definition) is 1. The third-order valence-electron chi connectivity index (χ3n) is 2.39. The van der Waals surface area contributed by atoms with Crippen LogP contribution >= 0.6 is 15.9 Å². The number of hydrogen-bond acceptors (Lipinski definition) is 4. The van der Waals surface area contributed by atoms with E-state index in [9.17, 15) is 8.42 Å². The molecule has 0 aliphatic carbocycles. The van der Waals surface area contributed by atoms with Crippen molar-refractivity contribution < 1.29 is 8.42 Å². The Labute approximate surface area is 125 Å². The van der Waals surface area contributed by atoms with Gasteiger partial charge in [0.2, 0.25) is 10.0 Å². The maximum Gasteiger partial charge on any atom is 0.238 e. The number of aromatic nitrogens is 1. The molecule has 2 aromatic rings. The SMILES string of the molecule is N#Cc1cccc(CS(=O)(=O)Nc2cc(Br)ccn2)c1. The zero-order chi connectivity index (χ0) is 14.6. The van der Waals surface area contributed by atoms with E-state index in [2.05, 4.69) is 25.6 Å². The number of anilines is 1. The predicted molar refractivity (Wildman–Crippen MR) is 79.3 cm³/mol. The molecule has 0 aliphatic rings. The highest BCUT2D eigenvalue weighted by Crippen LogP contribution is 2.16. The van der Waals surface area contributed by atoms with E-state index in [0.717, 1.165) is 4.47 Å². The van der Waals surface area contributed by atoms with E-state index in [0.29, 0.717) is 11.1 Å². The third kappa shape index (κ3) is 4.05. The molecule has 0 radical (unpaired) electrons. The lowest BCUT2D eigenvalue weighted by molar-refractivity contribution is 0.600. The Balaban J connectivity index is 2.17. The zero-order valence-electron chi connectivity index (χ0n) is 10.2. The first-order chi connectivity index (χ1) is 9.48. The van der Waals surface area contributed by atoms with Gasteiger partial charge in [-0.15, -0.1) is 0 Å². The van der Waals surface area contributed by atoms with Gasteiger partial charge in [-0.3, -0.25) is 4.72 Å². The van der Waals surface area contributed by atoms with Crippen LogP contribution in [0.5, 0.6) is 0 Å². The monoisotopic (exact) mass is 351 g/mol. The van der Waals surface area contributed by atoms with Crippen molar-refractivity contribution >= 4 is 31.8 Å². The fourth-order valence-electron chi connectivity index (χ4n) is 1.61. The Kier molecular flexibility index (Phi) is 4.37. The summed E-state index contributed by atoms with van der Waals surface area (Å²) in [6.07, 6.45) is 1.50. The molecule has 0 unspecified atom stereocenters. The number of rotatable bonds is 4. The number of halogens is 1. The highest BCUT2D eigenvalue weighted by atomic mass is 79.9. The van der Waals surface area contributed by atoms with Crippen molar-refractivity contribution in [1.82, 2.24) is 4.98 Å². The second-order valence-electron chi connectivity index (χ2n) is 4.03. The largest absolute Gasteiger partial charge is 0.267 e. The molecule has 0 aliphatic heterocycles. The molecule has 0 atom stereocenters. The Morgan fingerprint density at radius 3 is 2.80 bits per heavy atom. The van der Waals surface area contributed by atoms with Gasteiger partial charge in [-0.25, -0.2) is 13.4 Å². The number of sulfonamides is 1. The van der Waals surface area contributed by atoms with Crippen LogP contribution in [0, 0.1) is 11.3 Å². The van der Waals surface area contributed by atoms with Crippen LogP contribution in [0.2, 0.25) is 0 Å². The minimum absolute atomic E-state index is 0.212. The Morgan fingerprint density at radius 2 is 2.10 bits per heavy atom. The molecule has 0 amide bonds. The van der Waals surface area contributed by atoms with Crippen molar-refractivity contribution in [2.24, 2.45) is 0 Å². The van der Waals surface area contributed by atoms with Crippen LogP contribution in [0.1, 0.15) is 11.1 Å². The molecule has 1 aromatic carbocycles. The summed E-state index contributed by atoms with van der Waals surface area (Å²) in [4.78, 5) is 3.93. The average molecular weight is 352 g/mol. The van der Waals surface area contributed by atoms with Crippen LogP contribution in [0.4, 0.5) is 5.82 Å². The van der Waals surface area contributed by atoms with Crippen molar-refractivity contribution in [2.75, 3.05) is 4.72 Å². The van der Waals surface area contributed by atoms with Crippen molar-refractivity contribution in [3.63, 3.8) is 0 Å². The van der Waals surface area contributed by atoms with E-state index in [-0.39, 0.29) is 11.6 Å². The summed E-state index contributed by atoms with van der Waals surface area (Å²) >= 11 is 3.24. The number of nitriles is 1. The molecule has 0 bridgehead atoms. The number of pyridine rings is 1. The van der Waals surface area contributed by atoms with Crippen molar-refractivity contribution in [3.8, 4) is 6.07 Å². The van der Waals surface area contributed by atoms with Crippen LogP contribution < -0.4 is 4.72 Å². The van der Waals surface area contributed by atoms with Gasteiger partial charge in [0.05, 0.1) is 17.4 Å². The van der Waals surface area contributed by atoms with Gasteiger partial charge in [0.1, 0.15) is 5.82 Å². The third-order valence-corrected chi connectivity index (χ3v) is 4.12. The number of nitrogens with zero attached hydrogens (tertiary/aromatic N) is 2. The quantitative estimate of drug-likeness (QED) is 0.917. The van der Waals surface area contributed by atoms with Crippen LogP contribution in [-0.2, 0) is 15.8 Å². The lowest BCUT2D eigenvalue weighted by Gasteiger charge is -2.07. The fourth-order valence-corrected chi connectivity index (χ4v) is 3.06. The maximum absolute atomic E-state index is 12.0. The fraction of sp³-hybridized carbons (Fsp3) is 0.0769. The van der Waals surface area contributed by atoms with E-state index >= 15 is 0 Å². The van der Waals surface area contributed by atoms with Gasteiger partial charge in [-0.1, -0.05) is 28.1 Å². The molecular weight excluding hydrogens is 342 g/mol. The molecule has 0 saturated heterocycles. The molecule has 20 heavy (non-hydrogen) atoms. The van der Waals surface area contributed by atoms with Gasteiger partial charge in [0.25, 0.3) is 0 Å². The molecule has 0 spiro atoms. The van der Waals surface area contributed by atoms with E-state index in [1.807, 2.05) is 6.07 Å².